The summed E-state index contributed by atoms with van der Waals surface area (Å²) in [7, 11) is 0. The second kappa shape index (κ2) is 6.24. The van der Waals surface area contributed by atoms with E-state index in [2.05, 4.69) is 51.6 Å². The van der Waals surface area contributed by atoms with E-state index in [-0.39, 0.29) is 5.91 Å². The highest BCUT2D eigenvalue weighted by molar-refractivity contribution is 5.98. The third kappa shape index (κ3) is 2.86. The van der Waals surface area contributed by atoms with E-state index >= 15 is 0 Å². The number of benzene rings is 2. The topological polar surface area (TPSA) is 61.0 Å². The highest BCUT2D eigenvalue weighted by Gasteiger charge is 2.24. The van der Waals surface area contributed by atoms with Crippen LogP contribution < -0.4 is 10.2 Å². The van der Waals surface area contributed by atoms with E-state index in [1.165, 1.54) is 11.3 Å². The first kappa shape index (κ1) is 15.7. The maximum atomic E-state index is 12.5. The van der Waals surface area contributed by atoms with Gasteiger partial charge >= 0.3 is 0 Å². The molecule has 1 unspecified atom stereocenters. The highest BCUT2D eigenvalue weighted by Crippen LogP contribution is 2.31. The average molecular weight is 334 g/mol. The fourth-order valence-corrected chi connectivity index (χ4v) is 3.64. The van der Waals surface area contributed by atoms with Crippen LogP contribution in [-0.4, -0.2) is 35.2 Å². The zero-order valence-corrected chi connectivity index (χ0v) is 14.5. The van der Waals surface area contributed by atoms with E-state index in [9.17, 15) is 4.79 Å². The van der Waals surface area contributed by atoms with Gasteiger partial charge in [-0.1, -0.05) is 18.2 Å². The lowest BCUT2D eigenvalue weighted by Gasteiger charge is -2.25. The number of para-hydroxylation sites is 1. The average Bonchev–Trinajstić information content (AvgIpc) is 3.15. The Labute approximate surface area is 147 Å². The van der Waals surface area contributed by atoms with Crippen molar-refractivity contribution in [3.8, 4) is 0 Å². The number of fused-ring (bicyclic) bond motifs is 2. The molecule has 0 aliphatic carbocycles. The number of amides is 1. The second-order valence-corrected chi connectivity index (χ2v) is 6.71. The molecule has 1 aromatic heterocycles. The van der Waals surface area contributed by atoms with Gasteiger partial charge in [-0.25, -0.2) is 0 Å². The van der Waals surface area contributed by atoms with Crippen LogP contribution in [0.4, 0.5) is 5.69 Å². The van der Waals surface area contributed by atoms with Crippen molar-refractivity contribution in [1.82, 2.24) is 15.5 Å². The van der Waals surface area contributed by atoms with Crippen molar-refractivity contribution in [3.63, 3.8) is 0 Å². The molecule has 0 fully saturated rings. The van der Waals surface area contributed by atoms with Crippen LogP contribution in [0.5, 0.6) is 0 Å². The van der Waals surface area contributed by atoms with E-state index in [1.807, 2.05) is 25.1 Å². The Bertz CT molecular complexity index is 930. The van der Waals surface area contributed by atoms with Crippen LogP contribution in [0, 0.1) is 6.92 Å². The molecule has 3 aromatic rings. The normalized spacial score (nSPS) is 16.2. The Kier molecular flexibility index (Phi) is 3.92. The van der Waals surface area contributed by atoms with Gasteiger partial charge in [-0.2, -0.15) is 5.10 Å². The van der Waals surface area contributed by atoms with E-state index < -0.39 is 0 Å². The minimum absolute atomic E-state index is 0.0392. The molecule has 128 valence electrons. The van der Waals surface area contributed by atoms with E-state index in [4.69, 9.17) is 0 Å². The molecule has 1 atom stereocenters. The van der Waals surface area contributed by atoms with Gasteiger partial charge in [0, 0.05) is 41.5 Å². The van der Waals surface area contributed by atoms with Gasteiger partial charge < -0.3 is 10.2 Å². The number of nitrogens with one attached hydrogen (secondary N) is 2. The Morgan fingerprint density at radius 2 is 2.16 bits per heavy atom. The molecular weight excluding hydrogens is 312 g/mol. The number of hydrogen-bond acceptors (Lipinski definition) is 3. The molecule has 1 aliphatic rings. The van der Waals surface area contributed by atoms with Crippen LogP contribution in [0.3, 0.4) is 0 Å². The number of anilines is 1. The van der Waals surface area contributed by atoms with Crippen LogP contribution in [0.1, 0.15) is 28.5 Å². The molecule has 0 radical (unpaired) electrons. The number of hydrogen-bond donors (Lipinski definition) is 2. The van der Waals surface area contributed by atoms with Gasteiger partial charge in [0.05, 0.1) is 5.52 Å². The summed E-state index contributed by atoms with van der Waals surface area (Å²) >= 11 is 0. The lowest BCUT2D eigenvalue weighted by atomic mass is 10.1. The number of carbonyl (C=O) groups excluding carboxylic acids is 1. The van der Waals surface area contributed by atoms with Crippen molar-refractivity contribution in [1.29, 1.82) is 0 Å². The molecule has 25 heavy (non-hydrogen) atoms. The third-order valence-electron chi connectivity index (χ3n) is 4.99. The van der Waals surface area contributed by atoms with Crippen LogP contribution in [0.15, 0.2) is 42.5 Å². The second-order valence-electron chi connectivity index (χ2n) is 6.71. The Morgan fingerprint density at radius 1 is 1.32 bits per heavy atom. The number of rotatable bonds is 4. The van der Waals surface area contributed by atoms with E-state index in [0.29, 0.717) is 18.2 Å². The molecule has 0 spiro atoms. The maximum absolute atomic E-state index is 12.5. The van der Waals surface area contributed by atoms with Crippen molar-refractivity contribution in [3.05, 3.63) is 59.3 Å². The summed E-state index contributed by atoms with van der Waals surface area (Å²) in [5.74, 6) is -0.0392. The summed E-state index contributed by atoms with van der Waals surface area (Å²) in [6, 6.07) is 14.6. The minimum atomic E-state index is -0.0392. The van der Waals surface area contributed by atoms with Crippen molar-refractivity contribution in [2.24, 2.45) is 0 Å². The summed E-state index contributed by atoms with van der Waals surface area (Å²) in [5, 5.41) is 11.2. The predicted octanol–water partition coefficient (Wildman–Crippen LogP) is 3.05. The van der Waals surface area contributed by atoms with Crippen LogP contribution >= 0.6 is 0 Å². The minimum Gasteiger partial charge on any atom is -0.367 e. The lowest BCUT2D eigenvalue weighted by Crippen LogP contribution is -2.37. The predicted molar refractivity (Wildman–Crippen MR) is 100 cm³/mol. The van der Waals surface area contributed by atoms with Gasteiger partial charge in [0.25, 0.3) is 5.91 Å². The summed E-state index contributed by atoms with van der Waals surface area (Å²) in [5.41, 5.74) is 5.22. The zero-order chi connectivity index (χ0) is 17.4. The molecule has 4 rings (SSSR count). The highest BCUT2D eigenvalue weighted by atomic mass is 16.1. The fraction of sp³-hybridized carbons (Fsp3) is 0.300. The number of aromatic nitrogens is 2. The maximum Gasteiger partial charge on any atom is 0.251 e. The van der Waals surface area contributed by atoms with Crippen molar-refractivity contribution in [2.75, 3.05) is 18.0 Å². The summed E-state index contributed by atoms with van der Waals surface area (Å²) in [4.78, 5) is 14.8. The first-order valence-electron chi connectivity index (χ1n) is 8.71. The molecule has 0 bridgehead atoms. The Morgan fingerprint density at radius 3 is 3.04 bits per heavy atom. The quantitative estimate of drug-likeness (QED) is 0.771. The van der Waals surface area contributed by atoms with E-state index in [1.54, 1.807) is 0 Å². The van der Waals surface area contributed by atoms with Gasteiger partial charge in [0.2, 0.25) is 0 Å². The molecule has 1 amide bonds. The summed E-state index contributed by atoms with van der Waals surface area (Å²) in [6.45, 7) is 5.64. The number of carbonyl (C=O) groups is 1. The Hall–Kier alpha value is -2.82. The number of aromatic amines is 1. The van der Waals surface area contributed by atoms with Gasteiger partial charge in [-0.3, -0.25) is 9.89 Å². The molecule has 2 N–H and O–H groups in total. The standard InChI is InChI=1S/C20H22N4O/c1-13-11-15-5-3-4-6-19(15)24(13)10-9-21-20(25)16-7-8-18-17(12-16)14(2)22-23-18/h3-8,12-13H,9-11H2,1-2H3,(H,21,25)(H,22,23). The van der Waals surface area contributed by atoms with Gasteiger partial charge in [-0.15, -0.1) is 0 Å². The Balaban J connectivity index is 1.41. The molecule has 1 aliphatic heterocycles. The number of H-pyrrole nitrogens is 1. The largest absolute Gasteiger partial charge is 0.367 e. The third-order valence-corrected chi connectivity index (χ3v) is 4.99. The van der Waals surface area contributed by atoms with Crippen LogP contribution in [0.25, 0.3) is 10.9 Å². The molecule has 0 saturated carbocycles. The van der Waals surface area contributed by atoms with Gasteiger partial charge in [0.15, 0.2) is 0 Å². The van der Waals surface area contributed by atoms with Gasteiger partial charge in [0.1, 0.15) is 0 Å². The smallest absolute Gasteiger partial charge is 0.251 e. The van der Waals surface area contributed by atoms with Crippen molar-refractivity contribution < 1.29 is 4.79 Å². The molecule has 2 heterocycles. The van der Waals surface area contributed by atoms with E-state index in [0.717, 1.165) is 29.6 Å². The number of nitrogens with zero attached hydrogens (tertiary/aromatic N) is 2. The summed E-state index contributed by atoms with van der Waals surface area (Å²) in [6.07, 6.45) is 1.07. The molecular formula is C20H22N4O. The summed E-state index contributed by atoms with van der Waals surface area (Å²) < 4.78 is 0. The van der Waals surface area contributed by atoms with Crippen molar-refractivity contribution in [2.45, 2.75) is 26.3 Å². The monoisotopic (exact) mass is 334 g/mol. The number of aryl methyl sites for hydroxylation is 1. The molecule has 5 heteroatoms. The molecule has 0 saturated heterocycles. The first-order valence-corrected chi connectivity index (χ1v) is 8.71. The molecule has 5 nitrogen and oxygen atoms in total. The van der Waals surface area contributed by atoms with Crippen molar-refractivity contribution >= 4 is 22.5 Å². The van der Waals surface area contributed by atoms with Gasteiger partial charge in [-0.05, 0) is 50.1 Å². The molecule has 2 aromatic carbocycles. The first-order chi connectivity index (χ1) is 12.1. The van der Waals surface area contributed by atoms with Crippen LogP contribution in [0.2, 0.25) is 0 Å². The lowest BCUT2D eigenvalue weighted by molar-refractivity contribution is 0.0954. The SMILES string of the molecule is Cc1[nH]nc2ccc(C(=O)NCCN3c4ccccc4CC3C)cc12. The zero-order valence-electron chi connectivity index (χ0n) is 14.5. The van der Waals surface area contributed by atoms with Crippen LogP contribution in [-0.2, 0) is 6.42 Å². The fourth-order valence-electron chi connectivity index (χ4n) is 3.64.